The first-order chi connectivity index (χ1) is 8.36. The van der Waals surface area contributed by atoms with Gasteiger partial charge in [0.15, 0.2) is 0 Å². The number of nitrogens with one attached hydrogen (secondary N) is 1. The average Bonchev–Trinajstić information content (AvgIpc) is 2.38. The van der Waals surface area contributed by atoms with Gasteiger partial charge in [-0.15, -0.1) is 6.58 Å². The van der Waals surface area contributed by atoms with Crippen molar-refractivity contribution in [3.8, 4) is 6.07 Å². The third-order valence-electron chi connectivity index (χ3n) is 2.30. The minimum atomic E-state index is 0.696. The van der Waals surface area contributed by atoms with Gasteiger partial charge in [0.2, 0.25) is 0 Å². The van der Waals surface area contributed by atoms with Crippen LogP contribution in [0.4, 0.5) is 0 Å². The van der Waals surface area contributed by atoms with Gasteiger partial charge in [-0.25, -0.2) is 0 Å². The van der Waals surface area contributed by atoms with E-state index in [0.717, 1.165) is 26.1 Å². The molecule has 0 bridgehead atoms. The Balaban J connectivity index is 2.09. The Morgan fingerprint density at radius 2 is 2.06 bits per heavy atom. The maximum absolute atomic E-state index is 8.66. The fourth-order valence-electron chi connectivity index (χ4n) is 1.34. The predicted molar refractivity (Wildman–Crippen MR) is 68.5 cm³/mol. The van der Waals surface area contributed by atoms with Crippen LogP contribution in [0.15, 0.2) is 36.9 Å². The van der Waals surface area contributed by atoms with Crippen LogP contribution in [0.3, 0.4) is 0 Å². The summed E-state index contributed by atoms with van der Waals surface area (Å²) in [6, 6.07) is 9.69. The number of ether oxygens (including phenoxy) is 1. The molecular weight excluding hydrogens is 212 g/mol. The van der Waals surface area contributed by atoms with Gasteiger partial charge in [0.25, 0.3) is 0 Å². The summed E-state index contributed by atoms with van der Waals surface area (Å²) in [5, 5.41) is 11.9. The molecule has 0 fully saturated rings. The molecule has 0 radical (unpaired) electrons. The number of benzene rings is 1. The first-order valence-corrected chi connectivity index (χ1v) is 5.75. The largest absolute Gasteiger partial charge is 0.380 e. The average molecular weight is 230 g/mol. The molecule has 0 saturated heterocycles. The minimum Gasteiger partial charge on any atom is -0.380 e. The number of hydrogen-bond acceptors (Lipinski definition) is 3. The normalized spacial score (nSPS) is 9.82. The van der Waals surface area contributed by atoms with E-state index in [4.69, 9.17) is 10.00 Å². The zero-order valence-corrected chi connectivity index (χ0v) is 9.98. The van der Waals surface area contributed by atoms with Crippen LogP contribution in [-0.4, -0.2) is 19.8 Å². The van der Waals surface area contributed by atoms with Gasteiger partial charge in [-0.3, -0.25) is 0 Å². The molecule has 0 heterocycles. The Hall–Kier alpha value is -1.63. The number of nitriles is 1. The van der Waals surface area contributed by atoms with Crippen LogP contribution < -0.4 is 5.32 Å². The second-order valence-electron chi connectivity index (χ2n) is 3.68. The maximum Gasteiger partial charge on any atom is 0.0991 e. The van der Waals surface area contributed by atoms with E-state index in [1.807, 2.05) is 30.3 Å². The van der Waals surface area contributed by atoms with Crippen molar-refractivity contribution in [3.05, 3.63) is 48.0 Å². The molecule has 17 heavy (non-hydrogen) atoms. The van der Waals surface area contributed by atoms with Gasteiger partial charge in [-0.1, -0.05) is 18.2 Å². The van der Waals surface area contributed by atoms with Crippen molar-refractivity contribution < 1.29 is 4.74 Å². The molecule has 3 nitrogen and oxygen atoms in total. The summed E-state index contributed by atoms with van der Waals surface area (Å²) < 4.78 is 5.37. The number of hydrogen-bond donors (Lipinski definition) is 1. The van der Waals surface area contributed by atoms with E-state index in [1.54, 1.807) is 0 Å². The first-order valence-electron chi connectivity index (χ1n) is 5.75. The molecule has 0 aliphatic heterocycles. The lowest BCUT2D eigenvalue weighted by Gasteiger charge is -2.05. The molecule has 0 atom stereocenters. The molecule has 0 aliphatic carbocycles. The van der Waals surface area contributed by atoms with E-state index >= 15 is 0 Å². The van der Waals surface area contributed by atoms with Crippen molar-refractivity contribution >= 4 is 0 Å². The summed E-state index contributed by atoms with van der Waals surface area (Å²) in [5.74, 6) is 0. The van der Waals surface area contributed by atoms with Crippen molar-refractivity contribution in [3.63, 3.8) is 0 Å². The zero-order valence-electron chi connectivity index (χ0n) is 9.98. The van der Waals surface area contributed by atoms with Gasteiger partial charge in [0.05, 0.1) is 24.8 Å². The molecule has 90 valence electrons. The Kier molecular flexibility index (Phi) is 6.73. The highest BCUT2D eigenvalue weighted by Gasteiger charge is 1.93. The highest BCUT2D eigenvalue weighted by atomic mass is 16.5. The number of rotatable bonds is 8. The molecule has 1 rings (SSSR count). The van der Waals surface area contributed by atoms with E-state index in [-0.39, 0.29) is 0 Å². The van der Waals surface area contributed by atoms with Gasteiger partial charge in [0.1, 0.15) is 0 Å². The smallest absolute Gasteiger partial charge is 0.0991 e. The van der Waals surface area contributed by atoms with Crippen LogP contribution >= 0.6 is 0 Å². The molecule has 1 aromatic rings. The van der Waals surface area contributed by atoms with Crippen LogP contribution in [0.25, 0.3) is 0 Å². The molecule has 0 aliphatic rings. The van der Waals surface area contributed by atoms with Crippen molar-refractivity contribution in [2.45, 2.75) is 13.0 Å². The minimum absolute atomic E-state index is 0.696. The van der Waals surface area contributed by atoms with Gasteiger partial charge < -0.3 is 10.1 Å². The molecule has 1 aromatic carbocycles. The molecule has 0 aromatic heterocycles. The Morgan fingerprint density at radius 3 is 2.71 bits per heavy atom. The molecule has 0 saturated carbocycles. The predicted octanol–water partition coefficient (Wildman–Crippen LogP) is 2.24. The Labute approximate surface area is 103 Å². The second kappa shape index (κ2) is 8.51. The summed E-state index contributed by atoms with van der Waals surface area (Å²) in [6.45, 7) is 6.71. The maximum atomic E-state index is 8.66. The van der Waals surface area contributed by atoms with E-state index < -0.39 is 0 Å². The van der Waals surface area contributed by atoms with Crippen LogP contribution in [-0.2, 0) is 11.3 Å². The van der Waals surface area contributed by atoms with Crippen LogP contribution in [0.5, 0.6) is 0 Å². The SMILES string of the molecule is C=CCCOCCNCc1ccc(C#N)cc1. The molecule has 3 heteroatoms. The molecule has 0 amide bonds. The Morgan fingerprint density at radius 1 is 1.29 bits per heavy atom. The highest BCUT2D eigenvalue weighted by molar-refractivity contribution is 5.31. The van der Waals surface area contributed by atoms with E-state index in [1.165, 1.54) is 5.56 Å². The van der Waals surface area contributed by atoms with Gasteiger partial charge in [-0.05, 0) is 24.1 Å². The Bertz CT molecular complexity index is 365. The third kappa shape index (κ3) is 5.86. The fraction of sp³-hybridized carbons (Fsp3) is 0.357. The van der Waals surface area contributed by atoms with Crippen molar-refractivity contribution in [1.82, 2.24) is 5.32 Å². The van der Waals surface area contributed by atoms with Gasteiger partial charge >= 0.3 is 0 Å². The standard InChI is InChI=1S/C14H18N2O/c1-2-3-9-17-10-8-16-12-14-6-4-13(11-15)5-7-14/h2,4-7,16H,1,3,8-10,12H2. The van der Waals surface area contributed by atoms with E-state index in [2.05, 4.69) is 18.0 Å². The van der Waals surface area contributed by atoms with Gasteiger partial charge in [0, 0.05) is 13.1 Å². The number of nitrogens with zero attached hydrogens (tertiary/aromatic N) is 1. The zero-order chi connectivity index (χ0) is 12.3. The summed E-state index contributed by atoms with van der Waals surface area (Å²) in [7, 11) is 0. The second-order valence-corrected chi connectivity index (χ2v) is 3.68. The monoisotopic (exact) mass is 230 g/mol. The summed E-state index contributed by atoms with van der Waals surface area (Å²) in [6.07, 6.45) is 2.75. The quantitative estimate of drug-likeness (QED) is 0.550. The lowest BCUT2D eigenvalue weighted by Crippen LogP contribution is -2.19. The van der Waals surface area contributed by atoms with Gasteiger partial charge in [-0.2, -0.15) is 5.26 Å². The van der Waals surface area contributed by atoms with Crippen LogP contribution in [0.1, 0.15) is 17.5 Å². The van der Waals surface area contributed by atoms with Crippen molar-refractivity contribution in [1.29, 1.82) is 5.26 Å². The topological polar surface area (TPSA) is 45.0 Å². The summed E-state index contributed by atoms with van der Waals surface area (Å²) >= 11 is 0. The summed E-state index contributed by atoms with van der Waals surface area (Å²) in [4.78, 5) is 0. The summed E-state index contributed by atoms with van der Waals surface area (Å²) in [5.41, 5.74) is 1.87. The molecule has 1 N–H and O–H groups in total. The third-order valence-corrected chi connectivity index (χ3v) is 2.30. The molecule has 0 spiro atoms. The van der Waals surface area contributed by atoms with E-state index in [9.17, 15) is 0 Å². The first kappa shape index (κ1) is 13.4. The lowest BCUT2D eigenvalue weighted by atomic mass is 10.1. The van der Waals surface area contributed by atoms with Crippen LogP contribution in [0, 0.1) is 11.3 Å². The molecular formula is C14H18N2O. The van der Waals surface area contributed by atoms with Crippen molar-refractivity contribution in [2.75, 3.05) is 19.8 Å². The molecule has 0 unspecified atom stereocenters. The van der Waals surface area contributed by atoms with Crippen LogP contribution in [0.2, 0.25) is 0 Å². The van der Waals surface area contributed by atoms with E-state index in [0.29, 0.717) is 12.2 Å². The highest BCUT2D eigenvalue weighted by Crippen LogP contribution is 2.02. The lowest BCUT2D eigenvalue weighted by molar-refractivity contribution is 0.140. The van der Waals surface area contributed by atoms with Crippen molar-refractivity contribution in [2.24, 2.45) is 0 Å². The fourth-order valence-corrected chi connectivity index (χ4v) is 1.34.